The summed E-state index contributed by atoms with van der Waals surface area (Å²) in [6.45, 7) is 1.06. The SMILES string of the molecule is O=C(COC(=O)c1cc(I)cc(I)c1I)OC1C2CC3C1OC(=O)C3C2C(=O)OC1(c2ccccc2)CC[NH2+]CC1. The maximum absolute atomic E-state index is 13.9. The van der Waals surface area contributed by atoms with Crippen LogP contribution in [-0.2, 0) is 38.9 Å². The molecule has 6 atom stereocenters. The molecule has 9 nitrogen and oxygen atoms in total. The van der Waals surface area contributed by atoms with Gasteiger partial charge in [0.05, 0.1) is 30.5 Å². The summed E-state index contributed by atoms with van der Waals surface area (Å²) in [5, 5.41) is 2.20. The molecule has 0 radical (unpaired) electrons. The molecule has 2 saturated carbocycles. The van der Waals surface area contributed by atoms with Crippen molar-refractivity contribution < 1.29 is 43.4 Å². The molecule has 2 aromatic carbocycles. The Balaban J connectivity index is 1.16. The maximum Gasteiger partial charge on any atom is 0.344 e. The lowest BCUT2D eigenvalue weighted by atomic mass is 9.78. The molecule has 6 unspecified atom stereocenters. The number of fused-ring (bicyclic) bond motifs is 1. The highest BCUT2D eigenvalue weighted by Gasteiger charge is 2.70. The molecule has 0 amide bonds. The molecule has 2 N–H and O–H groups in total. The van der Waals surface area contributed by atoms with E-state index in [0.717, 1.165) is 29.4 Å². The summed E-state index contributed by atoms with van der Waals surface area (Å²) in [4.78, 5) is 52.3. The van der Waals surface area contributed by atoms with Crippen molar-refractivity contribution in [2.45, 2.75) is 37.1 Å². The van der Waals surface area contributed by atoms with Gasteiger partial charge in [0.1, 0.15) is 17.8 Å². The topological polar surface area (TPSA) is 122 Å². The van der Waals surface area contributed by atoms with E-state index in [-0.39, 0.29) is 5.92 Å². The zero-order chi connectivity index (χ0) is 28.9. The first-order chi connectivity index (χ1) is 19.7. The largest absolute Gasteiger partial charge is 0.458 e. The zero-order valence-electron chi connectivity index (χ0n) is 21.7. The van der Waals surface area contributed by atoms with Gasteiger partial charge in [0.25, 0.3) is 0 Å². The molecule has 2 saturated heterocycles. The minimum absolute atomic E-state index is 0.215. The predicted molar refractivity (Wildman–Crippen MR) is 168 cm³/mol. The van der Waals surface area contributed by atoms with E-state index in [0.29, 0.717) is 24.8 Å². The first-order valence-corrected chi connectivity index (χ1v) is 16.7. The van der Waals surface area contributed by atoms with Crippen molar-refractivity contribution in [3.63, 3.8) is 0 Å². The smallest absolute Gasteiger partial charge is 0.344 e. The molecule has 0 aromatic heterocycles. The van der Waals surface area contributed by atoms with Gasteiger partial charge in [-0.25, -0.2) is 9.59 Å². The maximum atomic E-state index is 13.9. The fourth-order valence-corrected chi connectivity index (χ4v) is 9.33. The van der Waals surface area contributed by atoms with Crippen LogP contribution < -0.4 is 5.32 Å². The number of piperidine rings is 1. The normalized spacial score (nSPS) is 29.1. The van der Waals surface area contributed by atoms with E-state index in [2.05, 4.69) is 73.1 Å². The first kappa shape index (κ1) is 29.5. The lowest BCUT2D eigenvalue weighted by Crippen LogP contribution is -2.87. The molecule has 2 aromatic rings. The van der Waals surface area contributed by atoms with Gasteiger partial charge in [0, 0.05) is 35.4 Å². The number of carbonyl (C=O) groups excluding carboxylic acids is 4. The number of rotatable bonds is 7. The quantitative estimate of drug-likeness (QED) is 0.195. The first-order valence-electron chi connectivity index (χ1n) is 13.5. The fraction of sp³-hybridized carbons (Fsp3) is 0.448. The van der Waals surface area contributed by atoms with Crippen LogP contribution in [0.2, 0.25) is 0 Å². The monoisotopic (exact) mass is 898 g/mol. The van der Waals surface area contributed by atoms with Gasteiger partial charge in [-0.15, -0.1) is 0 Å². The third-order valence-electron chi connectivity index (χ3n) is 8.72. The van der Waals surface area contributed by atoms with Gasteiger partial charge in [0.15, 0.2) is 6.61 Å². The predicted octanol–water partition coefficient (Wildman–Crippen LogP) is 3.17. The Morgan fingerprint density at radius 1 is 1.02 bits per heavy atom. The molecule has 2 bridgehead atoms. The third-order valence-corrected chi connectivity index (χ3v) is 12.4. The molecule has 2 heterocycles. The van der Waals surface area contributed by atoms with Crippen LogP contribution in [0.3, 0.4) is 0 Å². The number of esters is 4. The van der Waals surface area contributed by atoms with E-state index < -0.39 is 66.0 Å². The van der Waals surface area contributed by atoms with Gasteiger partial charge in [-0.3, -0.25) is 9.59 Å². The molecule has 12 heteroatoms. The summed E-state index contributed by atoms with van der Waals surface area (Å²) in [5.41, 5.74) is 0.554. The number of nitrogens with two attached hydrogens (primary N) is 1. The molecular weight excluding hydrogens is 871 g/mol. The molecule has 2 aliphatic carbocycles. The van der Waals surface area contributed by atoms with E-state index in [4.69, 9.17) is 18.9 Å². The molecule has 6 rings (SSSR count). The van der Waals surface area contributed by atoms with Crippen LogP contribution in [0, 0.1) is 34.4 Å². The Morgan fingerprint density at radius 2 is 1.76 bits per heavy atom. The van der Waals surface area contributed by atoms with Crippen molar-refractivity contribution in [2.24, 2.45) is 23.7 Å². The number of quaternary nitrogens is 1. The van der Waals surface area contributed by atoms with Crippen LogP contribution in [0.4, 0.5) is 0 Å². The van der Waals surface area contributed by atoms with Gasteiger partial charge in [0.2, 0.25) is 0 Å². The van der Waals surface area contributed by atoms with Crippen molar-refractivity contribution >= 4 is 91.6 Å². The Kier molecular flexibility index (Phi) is 8.55. The van der Waals surface area contributed by atoms with Gasteiger partial charge in [-0.2, -0.15) is 0 Å². The van der Waals surface area contributed by atoms with Crippen LogP contribution in [0.15, 0.2) is 42.5 Å². The number of carbonyl (C=O) groups is 4. The number of hydrogen-bond donors (Lipinski definition) is 1. The summed E-state index contributed by atoms with van der Waals surface area (Å²) in [5.74, 6) is -4.24. The molecule has 41 heavy (non-hydrogen) atoms. The second kappa shape index (κ2) is 11.9. The molecular formula is C29H27I3NO8+. The van der Waals surface area contributed by atoms with Crippen molar-refractivity contribution in [1.82, 2.24) is 0 Å². The second-order valence-electron chi connectivity index (χ2n) is 10.9. The summed E-state index contributed by atoms with van der Waals surface area (Å²) >= 11 is 6.33. The average molecular weight is 898 g/mol. The molecule has 0 spiro atoms. The minimum Gasteiger partial charge on any atom is -0.458 e. The highest BCUT2D eigenvalue weighted by Crippen LogP contribution is 2.59. The lowest BCUT2D eigenvalue weighted by molar-refractivity contribution is -0.668. The average Bonchev–Trinajstić information content (AvgIpc) is 3.59. The standard InChI is InChI=1S/C29H26I3NO8/c30-15-10-18(23(32)19(31)11-15)26(35)38-13-20(34)39-24-17-12-16-21(27(36)40-25(16)24)22(17)28(37)41-29(6-8-33-9-7-29)14-4-2-1-3-5-14/h1-5,10-11,16-17,21-22,24-25,33H,6-9,12-13H2/p+1. The van der Waals surface area contributed by atoms with E-state index >= 15 is 0 Å². The molecule has 4 fully saturated rings. The lowest BCUT2D eigenvalue weighted by Gasteiger charge is -2.38. The van der Waals surface area contributed by atoms with Crippen molar-refractivity contribution in [2.75, 3.05) is 19.7 Å². The number of benzene rings is 2. The highest BCUT2D eigenvalue weighted by molar-refractivity contribution is 14.1. The Hall–Kier alpha value is -1.53. The van der Waals surface area contributed by atoms with E-state index in [1.165, 1.54) is 0 Å². The Bertz CT molecular complexity index is 1400. The number of hydrogen-bond acceptors (Lipinski definition) is 8. The van der Waals surface area contributed by atoms with Crippen molar-refractivity contribution in [3.8, 4) is 0 Å². The van der Waals surface area contributed by atoms with Crippen molar-refractivity contribution in [1.29, 1.82) is 0 Å². The van der Waals surface area contributed by atoms with Crippen molar-refractivity contribution in [3.05, 3.63) is 64.3 Å². The second-order valence-corrected chi connectivity index (χ2v) is 14.4. The van der Waals surface area contributed by atoms with E-state index in [1.54, 1.807) is 6.07 Å². The van der Waals surface area contributed by atoms with Gasteiger partial charge >= 0.3 is 23.9 Å². The summed E-state index contributed by atoms with van der Waals surface area (Å²) in [6.07, 6.45) is 0.473. The minimum atomic E-state index is -0.794. The highest BCUT2D eigenvalue weighted by atomic mass is 127. The fourth-order valence-electron chi connectivity index (χ4n) is 6.95. The Morgan fingerprint density at radius 3 is 2.49 bits per heavy atom. The van der Waals surface area contributed by atoms with Crippen LogP contribution in [-0.4, -0.2) is 55.8 Å². The van der Waals surface area contributed by atoms with Crippen LogP contribution >= 0.6 is 67.8 Å². The third kappa shape index (κ3) is 5.50. The Labute approximate surface area is 277 Å². The molecule has 2 aliphatic heterocycles. The summed E-state index contributed by atoms with van der Waals surface area (Å²) < 4.78 is 25.5. The molecule has 4 aliphatic rings. The van der Waals surface area contributed by atoms with Crippen LogP contribution in [0.5, 0.6) is 0 Å². The van der Waals surface area contributed by atoms with Gasteiger partial charge in [-0.1, -0.05) is 30.3 Å². The summed E-state index contributed by atoms with van der Waals surface area (Å²) in [6, 6.07) is 13.4. The van der Waals surface area contributed by atoms with Gasteiger partial charge in [-0.05, 0) is 91.9 Å². The molecule has 216 valence electrons. The van der Waals surface area contributed by atoms with Gasteiger partial charge < -0.3 is 24.3 Å². The van der Waals surface area contributed by atoms with Crippen LogP contribution in [0.25, 0.3) is 0 Å². The number of halogens is 3. The van der Waals surface area contributed by atoms with E-state index in [1.807, 2.05) is 36.4 Å². The summed E-state index contributed by atoms with van der Waals surface area (Å²) in [7, 11) is 0. The number of ether oxygens (including phenoxy) is 4. The van der Waals surface area contributed by atoms with Crippen LogP contribution in [0.1, 0.15) is 35.2 Å². The van der Waals surface area contributed by atoms with E-state index in [9.17, 15) is 19.2 Å². The zero-order valence-corrected chi connectivity index (χ0v) is 28.2.